The molecule has 84 heavy (non-hydrogen) atoms. The molecule has 2 aromatic heterocycles. The van der Waals surface area contributed by atoms with Crippen molar-refractivity contribution in [2.75, 3.05) is 9.80 Å². The van der Waals surface area contributed by atoms with E-state index in [1.165, 1.54) is 76.8 Å². The third-order valence-electron chi connectivity index (χ3n) is 17.9. The van der Waals surface area contributed by atoms with E-state index in [2.05, 4.69) is 299 Å². The zero-order valence-corrected chi connectivity index (χ0v) is 50.5. The number of hydrogen-bond acceptors (Lipinski definition) is 4. The van der Waals surface area contributed by atoms with Gasteiger partial charge in [0.2, 0.25) is 0 Å². The Morgan fingerprint density at radius 2 is 0.655 bits per heavy atom. The molecule has 0 radical (unpaired) electrons. The molecule has 4 nitrogen and oxygen atoms in total. The average molecular weight is 1090 g/mol. The molecule has 0 fully saturated rings. The Balaban J connectivity index is 1.09. The van der Waals surface area contributed by atoms with Crippen molar-refractivity contribution in [3.05, 3.63) is 240 Å². The van der Waals surface area contributed by atoms with Gasteiger partial charge in [-0.1, -0.05) is 227 Å². The fourth-order valence-electron chi connectivity index (χ4n) is 13.5. The first-order valence-electron chi connectivity index (χ1n) is 30.0. The van der Waals surface area contributed by atoms with E-state index in [-0.39, 0.29) is 22.7 Å². The van der Waals surface area contributed by atoms with E-state index in [4.69, 9.17) is 8.83 Å². The first-order chi connectivity index (χ1) is 40.4. The van der Waals surface area contributed by atoms with Crippen molar-refractivity contribution in [2.24, 2.45) is 0 Å². The fraction of sp³-hybridized carbons (Fsp3) is 0.200. The van der Waals surface area contributed by atoms with Crippen LogP contribution in [0.1, 0.15) is 114 Å². The highest BCUT2D eigenvalue weighted by molar-refractivity contribution is 6.30. The minimum absolute atomic E-state index is 0.0981. The first-order valence-corrected chi connectivity index (χ1v) is 30.0. The lowest BCUT2D eigenvalue weighted by molar-refractivity contribution is 0.590. The van der Waals surface area contributed by atoms with Gasteiger partial charge in [0.1, 0.15) is 11.2 Å². The molecule has 0 amide bonds. The normalized spacial score (nSPS) is 12.5. The van der Waals surface area contributed by atoms with Gasteiger partial charge in [0.15, 0.2) is 11.2 Å². The molecule has 0 bridgehead atoms. The van der Waals surface area contributed by atoms with Crippen LogP contribution in [0.4, 0.5) is 34.1 Å². The summed E-state index contributed by atoms with van der Waals surface area (Å²) < 4.78 is 14.7. The van der Waals surface area contributed by atoms with Gasteiger partial charge in [-0.3, -0.25) is 0 Å². The molecule has 0 atom stereocenters. The summed E-state index contributed by atoms with van der Waals surface area (Å²) in [6, 6.07) is 76.8. The van der Waals surface area contributed by atoms with E-state index < -0.39 is 0 Å². The second-order valence-electron chi connectivity index (χ2n) is 26.1. The summed E-state index contributed by atoms with van der Waals surface area (Å²) in [5, 5.41) is 11.8. The Bertz CT molecular complexity index is 4610. The zero-order valence-electron chi connectivity index (χ0n) is 50.5. The molecule has 2 heterocycles. The van der Waals surface area contributed by atoms with Crippen molar-refractivity contribution in [3.63, 3.8) is 0 Å². The lowest BCUT2D eigenvalue weighted by Crippen LogP contribution is -2.16. The summed E-state index contributed by atoms with van der Waals surface area (Å²) >= 11 is 0. The summed E-state index contributed by atoms with van der Waals surface area (Å²) in [5.41, 5.74) is 21.8. The van der Waals surface area contributed by atoms with Gasteiger partial charge in [0.25, 0.3) is 0 Å². The van der Waals surface area contributed by atoms with Crippen LogP contribution < -0.4 is 9.80 Å². The molecule has 12 aromatic carbocycles. The van der Waals surface area contributed by atoms with Gasteiger partial charge in [-0.2, -0.15) is 0 Å². The van der Waals surface area contributed by atoms with Crippen LogP contribution in [-0.2, 0) is 10.8 Å². The van der Waals surface area contributed by atoms with E-state index in [1.54, 1.807) is 0 Å². The van der Waals surface area contributed by atoms with Crippen LogP contribution in [0.15, 0.2) is 215 Å². The van der Waals surface area contributed by atoms with Gasteiger partial charge in [-0.15, -0.1) is 0 Å². The molecule has 0 N–H and O–H groups in total. The quantitative estimate of drug-likeness (QED) is 0.128. The minimum Gasteiger partial charge on any atom is -0.453 e. The van der Waals surface area contributed by atoms with E-state index in [0.29, 0.717) is 0 Å². The minimum atomic E-state index is -0.0981. The zero-order chi connectivity index (χ0) is 58.1. The Kier molecular flexibility index (Phi) is 12.5. The smallest absolute Gasteiger partial charge is 0.159 e. The highest BCUT2D eigenvalue weighted by Gasteiger charge is 2.30. The number of aryl methyl sites for hydroxylation is 2. The number of anilines is 6. The average Bonchev–Trinajstić information content (AvgIpc) is 1.17. The van der Waals surface area contributed by atoms with Gasteiger partial charge in [0.05, 0.1) is 22.7 Å². The summed E-state index contributed by atoms with van der Waals surface area (Å²) in [5.74, 6) is 0.399. The van der Waals surface area contributed by atoms with Gasteiger partial charge in [-0.05, 0) is 151 Å². The van der Waals surface area contributed by atoms with Gasteiger partial charge in [0, 0.05) is 54.8 Å². The Labute approximate surface area is 493 Å². The van der Waals surface area contributed by atoms with Crippen LogP contribution in [-0.4, -0.2) is 0 Å². The maximum atomic E-state index is 7.37. The van der Waals surface area contributed by atoms with Crippen LogP contribution in [0.3, 0.4) is 0 Å². The topological polar surface area (TPSA) is 32.8 Å². The van der Waals surface area contributed by atoms with Crippen molar-refractivity contribution < 1.29 is 8.83 Å². The predicted molar refractivity (Wildman–Crippen MR) is 360 cm³/mol. The maximum absolute atomic E-state index is 7.37. The lowest BCUT2D eigenvalue weighted by atomic mass is 9.83. The molecule has 4 heteroatoms. The van der Waals surface area contributed by atoms with Crippen LogP contribution in [0.2, 0.25) is 0 Å². The molecule has 0 aliphatic heterocycles. The van der Waals surface area contributed by atoms with Crippen molar-refractivity contribution in [3.8, 4) is 22.3 Å². The third-order valence-corrected chi connectivity index (χ3v) is 17.9. The van der Waals surface area contributed by atoms with Crippen LogP contribution >= 0.6 is 0 Å². The maximum Gasteiger partial charge on any atom is 0.159 e. The van der Waals surface area contributed by atoms with Crippen molar-refractivity contribution in [1.82, 2.24) is 0 Å². The van der Waals surface area contributed by atoms with E-state index in [0.717, 1.165) is 89.1 Å². The fourth-order valence-corrected chi connectivity index (χ4v) is 13.5. The second-order valence-corrected chi connectivity index (χ2v) is 26.1. The Morgan fingerprint density at radius 3 is 1.04 bits per heavy atom. The molecular formula is C80H72N2O2. The number of para-hydroxylation sites is 4. The van der Waals surface area contributed by atoms with Crippen molar-refractivity contribution >= 4 is 110 Å². The number of rotatable bonds is 10. The first kappa shape index (κ1) is 52.9. The SMILES string of the molecule is Cc1ccccc1-c1cccc2c1oc1c(N(c3cccc(C(C)(C)C)c3)c3cc(C(C)C)c4ccc5c(N(c6cccc(C(C)(C)C)c6)c6cccc7c6oc6c(-c8ccccc8C)cccc67)cc(C(C)C)c6ccc3c4c65)cccc12. The number of nitrogens with zero attached hydrogens (tertiary/aromatic N) is 2. The van der Waals surface area contributed by atoms with Crippen molar-refractivity contribution in [2.45, 2.75) is 106 Å². The Hall–Kier alpha value is -9.12. The summed E-state index contributed by atoms with van der Waals surface area (Å²) in [4.78, 5) is 5.01. The van der Waals surface area contributed by atoms with Crippen LogP contribution in [0.5, 0.6) is 0 Å². The van der Waals surface area contributed by atoms with Crippen LogP contribution in [0.25, 0.3) is 98.4 Å². The molecule has 0 aliphatic rings. The molecule has 414 valence electrons. The molecule has 0 aliphatic carbocycles. The van der Waals surface area contributed by atoms with E-state index >= 15 is 0 Å². The Morgan fingerprint density at radius 1 is 0.310 bits per heavy atom. The van der Waals surface area contributed by atoms with Gasteiger partial charge < -0.3 is 18.6 Å². The largest absolute Gasteiger partial charge is 0.453 e. The molecule has 0 saturated heterocycles. The van der Waals surface area contributed by atoms with Crippen molar-refractivity contribution in [1.29, 1.82) is 0 Å². The van der Waals surface area contributed by atoms with Gasteiger partial charge >= 0.3 is 0 Å². The highest BCUT2D eigenvalue weighted by atomic mass is 16.3. The highest BCUT2D eigenvalue weighted by Crippen LogP contribution is 2.54. The molecule has 14 aromatic rings. The number of benzene rings is 12. The summed E-state index contributed by atoms with van der Waals surface area (Å²) in [6.07, 6.45) is 0. The molecule has 0 spiro atoms. The standard InChI is InChI=1S/C80H72N2O2/c1-47(2)67-45-71(81(53-27-17-25-51(43-53)79(7,8)9)69-37-21-35-63-61-33-19-31-59(75(61)83-77(63)69)55-29-15-13-23-49(55)5)65-42-40-58-68(48(3)4)46-72(66-41-39-57(67)73(65)74(58)66)82(54-28-18-26-52(44-54)80(10,11)12)70-38-22-36-64-62-34-20-32-60(76(62)84-78(64)70)56-30-16-14-24-50(56)6/h13-48H,1-12H3. The molecule has 0 unspecified atom stereocenters. The van der Waals surface area contributed by atoms with E-state index in [1.807, 2.05) is 0 Å². The monoisotopic (exact) mass is 1090 g/mol. The summed E-state index contributed by atoms with van der Waals surface area (Å²) in [6.45, 7) is 27.6. The van der Waals surface area contributed by atoms with E-state index in [9.17, 15) is 0 Å². The molecule has 14 rings (SSSR count). The second kappa shape index (κ2) is 19.8. The number of hydrogen-bond donors (Lipinski definition) is 0. The summed E-state index contributed by atoms with van der Waals surface area (Å²) in [7, 11) is 0. The molecule has 0 saturated carbocycles. The van der Waals surface area contributed by atoms with Gasteiger partial charge in [-0.25, -0.2) is 0 Å². The lowest BCUT2D eigenvalue weighted by Gasteiger charge is -2.32. The van der Waals surface area contributed by atoms with Crippen LogP contribution in [0, 0.1) is 13.8 Å². The predicted octanol–water partition coefficient (Wildman–Crippen LogP) is 24.1. The number of furan rings is 2. The molecular weight excluding hydrogens is 1020 g/mol. The number of fused-ring (bicyclic) bond motifs is 6. The third kappa shape index (κ3) is 8.47.